The molecule has 4 heteroatoms. The lowest BCUT2D eigenvalue weighted by atomic mass is 9.71. The van der Waals surface area contributed by atoms with E-state index in [4.69, 9.17) is 0 Å². The number of Topliss-reactive ketones (excluding diaryl/α,β-unsaturated/α-hetero) is 2. The van der Waals surface area contributed by atoms with Crippen molar-refractivity contribution in [2.75, 3.05) is 24.2 Å². The molecule has 0 fully saturated rings. The fourth-order valence-corrected chi connectivity index (χ4v) is 3.51. The molecule has 24 heavy (non-hydrogen) atoms. The predicted molar refractivity (Wildman–Crippen MR) is 97.9 cm³/mol. The number of carbonyl (C=O) groups excluding carboxylic acids is 2. The summed E-state index contributed by atoms with van der Waals surface area (Å²) in [4.78, 5) is 26.1. The second-order valence-electron chi connectivity index (χ2n) is 6.34. The number of ketones is 2. The number of fused-ring (bicyclic) bond motifs is 2. The van der Waals surface area contributed by atoms with Crippen LogP contribution in [-0.4, -0.2) is 25.2 Å². The second-order valence-corrected chi connectivity index (χ2v) is 6.34. The zero-order chi connectivity index (χ0) is 17.1. The molecule has 0 bridgehead atoms. The Morgan fingerprint density at radius 2 is 1.50 bits per heavy atom. The number of hydrogen-bond acceptors (Lipinski definition) is 4. The standard InChI is InChI=1S/C20H24N2O2/c1-3-4-7-12-22-16-11-10-15(21-2)17-18(16)20(24)14-9-6-5-8-13(14)19(17)23/h5-6,8-11,13-14,21-22H,3-4,7,12H2,1-2H3/t13-,14-/m1/s1. The van der Waals surface area contributed by atoms with Gasteiger partial charge in [-0.15, -0.1) is 0 Å². The number of allylic oxidation sites excluding steroid dienone is 4. The van der Waals surface area contributed by atoms with Gasteiger partial charge in [0.15, 0.2) is 11.6 Å². The fourth-order valence-electron chi connectivity index (χ4n) is 3.51. The Morgan fingerprint density at radius 3 is 2.08 bits per heavy atom. The van der Waals surface area contributed by atoms with Crippen molar-refractivity contribution in [3.63, 3.8) is 0 Å². The molecule has 2 aliphatic carbocycles. The topological polar surface area (TPSA) is 58.2 Å². The maximum absolute atomic E-state index is 13.1. The number of unbranched alkanes of at least 4 members (excludes halogenated alkanes) is 2. The van der Waals surface area contributed by atoms with E-state index in [1.54, 1.807) is 7.05 Å². The molecular weight excluding hydrogens is 300 g/mol. The van der Waals surface area contributed by atoms with Crippen LogP contribution in [0.2, 0.25) is 0 Å². The van der Waals surface area contributed by atoms with Crippen molar-refractivity contribution in [2.24, 2.45) is 11.8 Å². The van der Waals surface area contributed by atoms with Gasteiger partial charge in [-0.1, -0.05) is 44.1 Å². The minimum Gasteiger partial charge on any atom is -0.388 e. The number of rotatable bonds is 6. The van der Waals surface area contributed by atoms with Crippen LogP contribution >= 0.6 is 0 Å². The van der Waals surface area contributed by atoms with Gasteiger partial charge in [-0.2, -0.15) is 0 Å². The van der Waals surface area contributed by atoms with Crippen LogP contribution in [0, 0.1) is 11.8 Å². The highest BCUT2D eigenvalue weighted by Crippen LogP contribution is 2.40. The van der Waals surface area contributed by atoms with Gasteiger partial charge in [0.2, 0.25) is 0 Å². The highest BCUT2D eigenvalue weighted by molar-refractivity contribution is 6.22. The molecule has 0 unspecified atom stereocenters. The summed E-state index contributed by atoms with van der Waals surface area (Å²) in [7, 11) is 1.78. The largest absolute Gasteiger partial charge is 0.388 e. The first-order valence-electron chi connectivity index (χ1n) is 8.71. The molecular formula is C20H24N2O2. The molecule has 1 aromatic carbocycles. The van der Waals surface area contributed by atoms with Crippen molar-refractivity contribution >= 4 is 22.9 Å². The van der Waals surface area contributed by atoms with Crippen molar-refractivity contribution in [2.45, 2.75) is 26.2 Å². The van der Waals surface area contributed by atoms with Gasteiger partial charge in [0.25, 0.3) is 0 Å². The summed E-state index contributed by atoms with van der Waals surface area (Å²) >= 11 is 0. The van der Waals surface area contributed by atoms with E-state index in [1.165, 1.54) is 0 Å². The average molecular weight is 324 g/mol. The molecule has 2 aliphatic rings. The number of anilines is 2. The lowest BCUT2D eigenvalue weighted by molar-refractivity contribution is 0.0803. The summed E-state index contributed by atoms with van der Waals surface area (Å²) in [6.45, 7) is 2.97. The van der Waals surface area contributed by atoms with Crippen LogP contribution < -0.4 is 10.6 Å². The lowest BCUT2D eigenvalue weighted by Crippen LogP contribution is -2.36. The average Bonchev–Trinajstić information content (AvgIpc) is 2.62. The molecule has 0 heterocycles. The van der Waals surface area contributed by atoms with Gasteiger partial charge in [-0.25, -0.2) is 0 Å². The van der Waals surface area contributed by atoms with Gasteiger partial charge < -0.3 is 10.6 Å². The Labute approximate surface area is 143 Å². The summed E-state index contributed by atoms with van der Waals surface area (Å²) in [6.07, 6.45) is 10.7. The summed E-state index contributed by atoms with van der Waals surface area (Å²) < 4.78 is 0. The SMILES string of the molecule is CCCCCNc1ccc(NC)c2c1C(=O)[C@@H]1C=CC=C[C@H]1C2=O. The first-order valence-corrected chi connectivity index (χ1v) is 8.71. The van der Waals surface area contributed by atoms with Crippen LogP contribution in [-0.2, 0) is 0 Å². The van der Waals surface area contributed by atoms with E-state index in [0.29, 0.717) is 11.1 Å². The molecule has 126 valence electrons. The highest BCUT2D eigenvalue weighted by atomic mass is 16.1. The second kappa shape index (κ2) is 7.04. The molecule has 2 atom stereocenters. The first kappa shape index (κ1) is 16.5. The van der Waals surface area contributed by atoms with Crippen molar-refractivity contribution < 1.29 is 9.59 Å². The van der Waals surface area contributed by atoms with E-state index < -0.39 is 0 Å². The highest BCUT2D eigenvalue weighted by Gasteiger charge is 2.42. The van der Waals surface area contributed by atoms with E-state index in [9.17, 15) is 9.59 Å². The third-order valence-electron chi connectivity index (χ3n) is 4.80. The quantitative estimate of drug-likeness (QED) is 0.775. The smallest absolute Gasteiger partial charge is 0.173 e. The van der Waals surface area contributed by atoms with Gasteiger partial charge in [0.1, 0.15) is 0 Å². The Kier molecular flexibility index (Phi) is 4.84. The van der Waals surface area contributed by atoms with E-state index in [1.807, 2.05) is 36.4 Å². The summed E-state index contributed by atoms with van der Waals surface area (Å²) in [5.41, 5.74) is 2.58. The van der Waals surface area contributed by atoms with E-state index in [0.717, 1.165) is 37.2 Å². The number of nitrogens with one attached hydrogen (secondary N) is 2. The third kappa shape index (κ3) is 2.77. The van der Waals surface area contributed by atoms with Crippen LogP contribution in [0.3, 0.4) is 0 Å². The Hall–Kier alpha value is -2.36. The normalized spacial score (nSPS) is 21.4. The van der Waals surface area contributed by atoms with Gasteiger partial charge in [0, 0.05) is 25.0 Å². The molecule has 3 rings (SSSR count). The van der Waals surface area contributed by atoms with Crippen molar-refractivity contribution in [1.29, 1.82) is 0 Å². The molecule has 0 saturated heterocycles. The monoisotopic (exact) mass is 324 g/mol. The number of hydrogen-bond donors (Lipinski definition) is 2. The predicted octanol–water partition coefficient (Wildman–Crippen LogP) is 4.07. The molecule has 4 nitrogen and oxygen atoms in total. The number of carbonyl (C=O) groups is 2. The molecule has 0 aromatic heterocycles. The zero-order valence-corrected chi connectivity index (χ0v) is 14.3. The van der Waals surface area contributed by atoms with Crippen molar-refractivity contribution in [3.05, 3.63) is 47.6 Å². The molecule has 0 spiro atoms. The Morgan fingerprint density at radius 1 is 0.917 bits per heavy atom. The van der Waals surface area contributed by atoms with E-state index in [-0.39, 0.29) is 23.4 Å². The molecule has 0 radical (unpaired) electrons. The van der Waals surface area contributed by atoms with Crippen molar-refractivity contribution in [1.82, 2.24) is 0 Å². The molecule has 0 aliphatic heterocycles. The van der Waals surface area contributed by atoms with E-state index >= 15 is 0 Å². The lowest BCUT2D eigenvalue weighted by Gasteiger charge is -2.31. The summed E-state index contributed by atoms with van der Waals surface area (Å²) in [5.74, 6) is -0.696. The molecule has 1 aromatic rings. The maximum Gasteiger partial charge on any atom is 0.173 e. The Balaban J connectivity index is 2.02. The minimum absolute atomic E-state index is 0.0248. The fraction of sp³-hybridized carbons (Fsp3) is 0.400. The van der Waals surface area contributed by atoms with Crippen LogP contribution in [0.25, 0.3) is 0 Å². The summed E-state index contributed by atoms with van der Waals surface area (Å²) in [6, 6.07) is 3.79. The third-order valence-corrected chi connectivity index (χ3v) is 4.80. The molecule has 2 N–H and O–H groups in total. The molecule has 0 amide bonds. The molecule has 0 saturated carbocycles. The Bertz CT molecular complexity index is 719. The van der Waals surface area contributed by atoms with Gasteiger partial charge in [-0.3, -0.25) is 9.59 Å². The van der Waals surface area contributed by atoms with Gasteiger partial charge in [-0.05, 0) is 18.6 Å². The first-order chi connectivity index (χ1) is 11.7. The zero-order valence-electron chi connectivity index (χ0n) is 14.3. The van der Waals surface area contributed by atoms with Crippen LogP contribution in [0.4, 0.5) is 11.4 Å². The minimum atomic E-state index is -0.377. The van der Waals surface area contributed by atoms with Crippen LogP contribution in [0.15, 0.2) is 36.4 Å². The van der Waals surface area contributed by atoms with Gasteiger partial charge >= 0.3 is 0 Å². The number of benzene rings is 1. The summed E-state index contributed by atoms with van der Waals surface area (Å²) in [5, 5.41) is 6.42. The van der Waals surface area contributed by atoms with Gasteiger partial charge in [0.05, 0.1) is 23.0 Å². The van der Waals surface area contributed by atoms with Crippen LogP contribution in [0.5, 0.6) is 0 Å². The van der Waals surface area contributed by atoms with Crippen LogP contribution in [0.1, 0.15) is 46.9 Å². The maximum atomic E-state index is 13.1. The van der Waals surface area contributed by atoms with E-state index in [2.05, 4.69) is 17.6 Å². The van der Waals surface area contributed by atoms with Crippen molar-refractivity contribution in [3.8, 4) is 0 Å².